The molecule has 0 heterocycles. The molecule has 0 aliphatic rings. The molecule has 2 N–H and O–H groups in total. The molecule has 3 heteroatoms. The van der Waals surface area contributed by atoms with E-state index >= 15 is 0 Å². The van der Waals surface area contributed by atoms with E-state index in [1.165, 1.54) is 0 Å². The Bertz CT molecular complexity index is 70.1. The van der Waals surface area contributed by atoms with Gasteiger partial charge in [0.15, 0.2) is 0 Å². The maximum Gasteiger partial charge on any atom is 0.0824 e. The van der Waals surface area contributed by atoms with Crippen LogP contribution in [0.15, 0.2) is 12.8 Å². The summed E-state index contributed by atoms with van der Waals surface area (Å²) in [6, 6.07) is 0. The van der Waals surface area contributed by atoms with E-state index in [1.807, 2.05) is 11.9 Å². The number of hydrogen-bond acceptors (Lipinski definition) is 3. The molecule has 0 amide bonds. The highest BCUT2D eigenvalue weighted by Gasteiger charge is 1.89. The molecule has 0 aromatic carbocycles. The fraction of sp³-hybridized carbons (Fsp3) is 0.600. The zero-order valence-electron chi connectivity index (χ0n) is 5.46. The van der Waals surface area contributed by atoms with Crippen LogP contribution in [0.1, 0.15) is 0 Å². The number of hydrazine groups is 1. The zero-order chi connectivity index (χ0) is 6.57. The van der Waals surface area contributed by atoms with Crippen molar-refractivity contribution in [2.45, 2.75) is 0 Å². The van der Waals surface area contributed by atoms with Gasteiger partial charge in [0.1, 0.15) is 0 Å². The van der Waals surface area contributed by atoms with E-state index in [0.717, 1.165) is 0 Å². The Morgan fingerprint density at radius 1 is 1.62 bits per heavy atom. The monoisotopic (exact) mass is 115 g/mol. The van der Waals surface area contributed by atoms with Gasteiger partial charge in [0, 0.05) is 14.1 Å². The summed E-state index contributed by atoms with van der Waals surface area (Å²) < 4.78 is 0. The zero-order valence-corrected chi connectivity index (χ0v) is 5.46. The first-order valence-electron chi connectivity index (χ1n) is 2.45. The summed E-state index contributed by atoms with van der Waals surface area (Å²) >= 11 is 0. The van der Waals surface area contributed by atoms with Gasteiger partial charge >= 0.3 is 0 Å². The molecule has 0 aromatic heterocycles. The summed E-state index contributed by atoms with van der Waals surface area (Å²) in [7, 11) is 3.72. The van der Waals surface area contributed by atoms with Crippen LogP contribution in [-0.4, -0.2) is 30.7 Å². The van der Waals surface area contributed by atoms with Gasteiger partial charge < -0.3 is 4.90 Å². The second-order valence-corrected chi connectivity index (χ2v) is 1.84. The lowest BCUT2D eigenvalue weighted by Gasteiger charge is -2.17. The molecule has 0 atom stereocenters. The van der Waals surface area contributed by atoms with Crippen molar-refractivity contribution in [3.63, 3.8) is 0 Å². The van der Waals surface area contributed by atoms with Gasteiger partial charge in [-0.15, -0.1) is 0 Å². The predicted octanol–water partition coefficient (Wildman–Crippen LogP) is -0.175. The van der Waals surface area contributed by atoms with Crippen molar-refractivity contribution in [1.82, 2.24) is 9.91 Å². The summed E-state index contributed by atoms with van der Waals surface area (Å²) in [6.07, 6.45) is 1.73. The number of rotatable bonds is 3. The standard InChI is InChI=1S/C5H13N3/c1-4-7(2)5-8(3)6/h4H,1,5-6H2,2-3H3. The lowest BCUT2D eigenvalue weighted by molar-refractivity contribution is 0.234. The van der Waals surface area contributed by atoms with Crippen molar-refractivity contribution in [1.29, 1.82) is 0 Å². The minimum atomic E-state index is 0.712. The molecule has 0 saturated carbocycles. The van der Waals surface area contributed by atoms with Gasteiger partial charge in [-0.3, -0.25) is 5.84 Å². The second-order valence-electron chi connectivity index (χ2n) is 1.84. The largest absolute Gasteiger partial charge is 0.367 e. The normalized spacial score (nSPS) is 9.50. The van der Waals surface area contributed by atoms with E-state index in [1.54, 1.807) is 18.3 Å². The third kappa shape index (κ3) is 3.64. The van der Waals surface area contributed by atoms with Crippen LogP contribution in [0, 0.1) is 0 Å². The molecule has 8 heavy (non-hydrogen) atoms. The van der Waals surface area contributed by atoms with Crippen LogP contribution in [0.3, 0.4) is 0 Å². The van der Waals surface area contributed by atoms with Crippen LogP contribution in [-0.2, 0) is 0 Å². The van der Waals surface area contributed by atoms with Gasteiger partial charge in [0.25, 0.3) is 0 Å². The SMILES string of the molecule is C=CN(C)CN(C)N. The van der Waals surface area contributed by atoms with Gasteiger partial charge in [-0.05, 0) is 6.20 Å². The van der Waals surface area contributed by atoms with Crippen molar-refractivity contribution < 1.29 is 0 Å². The number of nitrogens with two attached hydrogens (primary N) is 1. The smallest absolute Gasteiger partial charge is 0.0824 e. The first kappa shape index (κ1) is 7.46. The second kappa shape index (κ2) is 3.46. The summed E-state index contributed by atoms with van der Waals surface area (Å²) in [5.74, 6) is 5.31. The quantitative estimate of drug-likeness (QED) is 0.315. The summed E-state index contributed by atoms with van der Waals surface area (Å²) in [4.78, 5) is 1.89. The summed E-state index contributed by atoms with van der Waals surface area (Å²) in [5, 5.41) is 1.58. The highest BCUT2D eigenvalue weighted by Crippen LogP contribution is 1.79. The van der Waals surface area contributed by atoms with Gasteiger partial charge in [-0.1, -0.05) is 6.58 Å². The Balaban J connectivity index is 3.23. The first-order valence-corrected chi connectivity index (χ1v) is 2.45. The Kier molecular flexibility index (Phi) is 3.23. The van der Waals surface area contributed by atoms with Crippen LogP contribution >= 0.6 is 0 Å². The minimum absolute atomic E-state index is 0.712. The van der Waals surface area contributed by atoms with Crippen molar-refractivity contribution in [3.8, 4) is 0 Å². The molecule has 0 bridgehead atoms. The fourth-order valence-electron chi connectivity index (χ4n) is 0.410. The molecule has 0 unspecified atom stereocenters. The van der Waals surface area contributed by atoms with Gasteiger partial charge in [-0.25, -0.2) is 5.01 Å². The van der Waals surface area contributed by atoms with E-state index in [9.17, 15) is 0 Å². The third-order valence-electron chi connectivity index (χ3n) is 0.758. The Hall–Kier alpha value is -0.540. The number of nitrogens with zero attached hydrogens (tertiary/aromatic N) is 2. The van der Waals surface area contributed by atoms with E-state index in [-0.39, 0.29) is 0 Å². The van der Waals surface area contributed by atoms with Crippen LogP contribution in [0.5, 0.6) is 0 Å². The Labute approximate surface area is 50.3 Å². The molecular formula is C5H13N3. The molecule has 0 rings (SSSR count). The molecule has 0 aliphatic heterocycles. The molecule has 48 valence electrons. The Morgan fingerprint density at radius 3 is 2.25 bits per heavy atom. The molecule has 0 aliphatic carbocycles. The average Bonchev–Trinajstić information content (AvgIpc) is 1.65. The highest BCUT2D eigenvalue weighted by molar-refractivity contribution is 4.63. The minimum Gasteiger partial charge on any atom is -0.367 e. The van der Waals surface area contributed by atoms with E-state index in [0.29, 0.717) is 6.67 Å². The fourth-order valence-corrected chi connectivity index (χ4v) is 0.410. The maximum atomic E-state index is 5.31. The molecule has 0 aromatic rings. The van der Waals surface area contributed by atoms with Crippen molar-refractivity contribution in [2.75, 3.05) is 20.8 Å². The summed E-state index contributed by atoms with van der Waals surface area (Å²) in [5.41, 5.74) is 0. The average molecular weight is 115 g/mol. The van der Waals surface area contributed by atoms with Crippen LogP contribution in [0.2, 0.25) is 0 Å². The third-order valence-corrected chi connectivity index (χ3v) is 0.758. The lowest BCUT2D eigenvalue weighted by Crippen LogP contribution is -2.34. The van der Waals surface area contributed by atoms with Gasteiger partial charge in [0.2, 0.25) is 0 Å². The van der Waals surface area contributed by atoms with Gasteiger partial charge in [-0.2, -0.15) is 0 Å². The molecule has 0 saturated heterocycles. The van der Waals surface area contributed by atoms with E-state index in [2.05, 4.69) is 6.58 Å². The van der Waals surface area contributed by atoms with Gasteiger partial charge in [0.05, 0.1) is 6.67 Å². The molecule has 0 radical (unpaired) electrons. The van der Waals surface area contributed by atoms with Crippen molar-refractivity contribution in [3.05, 3.63) is 12.8 Å². The predicted molar refractivity (Wildman–Crippen MR) is 34.8 cm³/mol. The maximum absolute atomic E-state index is 5.31. The highest BCUT2D eigenvalue weighted by atomic mass is 15.4. The van der Waals surface area contributed by atoms with Crippen molar-refractivity contribution in [2.24, 2.45) is 5.84 Å². The number of hydrogen-bond donors (Lipinski definition) is 1. The molecule has 0 fully saturated rings. The van der Waals surface area contributed by atoms with E-state index in [4.69, 9.17) is 5.84 Å². The molecular weight excluding hydrogens is 102 g/mol. The first-order chi connectivity index (χ1) is 3.66. The topological polar surface area (TPSA) is 32.5 Å². The van der Waals surface area contributed by atoms with Crippen LogP contribution < -0.4 is 5.84 Å². The molecule has 0 spiro atoms. The summed E-state index contributed by atoms with van der Waals surface area (Å²) in [6.45, 7) is 4.27. The Morgan fingerprint density at radius 2 is 2.12 bits per heavy atom. The lowest BCUT2D eigenvalue weighted by atomic mass is 10.8. The van der Waals surface area contributed by atoms with E-state index < -0.39 is 0 Å². The van der Waals surface area contributed by atoms with Crippen LogP contribution in [0.4, 0.5) is 0 Å². The van der Waals surface area contributed by atoms with Crippen LogP contribution in [0.25, 0.3) is 0 Å². The molecule has 3 nitrogen and oxygen atoms in total. The van der Waals surface area contributed by atoms with Crippen molar-refractivity contribution >= 4 is 0 Å².